The average molecular weight is 418 g/mol. The molecule has 6 heteroatoms. The molecule has 0 radical (unpaired) electrons. The largest absolute Gasteiger partial charge is 0.381 e. The molecule has 0 unspecified atom stereocenters. The molecule has 0 atom stereocenters. The van der Waals surface area contributed by atoms with Gasteiger partial charge in [-0.05, 0) is 66.6 Å². The molecule has 2 aromatic carbocycles. The number of halogens is 2. The maximum absolute atomic E-state index is 13.6. The van der Waals surface area contributed by atoms with E-state index in [4.69, 9.17) is 16.3 Å². The molecule has 0 aliphatic carbocycles. The topological polar surface area (TPSA) is 38.3 Å². The first-order valence-electron chi connectivity index (χ1n) is 9.29. The van der Waals surface area contributed by atoms with Gasteiger partial charge in [-0.15, -0.1) is 11.3 Å². The van der Waals surface area contributed by atoms with Crippen LogP contribution < -0.4 is 5.32 Å². The maximum atomic E-state index is 13.6. The fraction of sp³-hybridized carbons (Fsp3) is 0.318. The summed E-state index contributed by atoms with van der Waals surface area (Å²) in [6.07, 6.45) is 1.65. The predicted molar refractivity (Wildman–Crippen MR) is 112 cm³/mol. The van der Waals surface area contributed by atoms with Crippen LogP contribution in [0.2, 0.25) is 5.02 Å². The lowest BCUT2D eigenvalue weighted by atomic mass is 9.74. The summed E-state index contributed by atoms with van der Waals surface area (Å²) in [5, 5.41) is 4.61. The summed E-state index contributed by atoms with van der Waals surface area (Å²) >= 11 is 7.62. The van der Waals surface area contributed by atoms with Gasteiger partial charge in [-0.25, -0.2) is 4.39 Å². The second-order valence-corrected chi connectivity index (χ2v) is 8.77. The Hall–Kier alpha value is -1.95. The van der Waals surface area contributed by atoms with Crippen molar-refractivity contribution in [3.05, 3.63) is 69.3 Å². The third-order valence-corrected chi connectivity index (χ3v) is 7.09. The Bertz CT molecular complexity index is 1030. The minimum Gasteiger partial charge on any atom is -0.381 e. The van der Waals surface area contributed by atoms with Gasteiger partial charge in [0.25, 0.3) is 5.91 Å². The van der Waals surface area contributed by atoms with Crippen LogP contribution in [0, 0.1) is 12.7 Å². The van der Waals surface area contributed by atoms with Gasteiger partial charge in [0.15, 0.2) is 0 Å². The summed E-state index contributed by atoms with van der Waals surface area (Å²) in [6.45, 7) is 3.69. The number of ether oxygens (including phenoxy) is 1. The van der Waals surface area contributed by atoms with Gasteiger partial charge >= 0.3 is 0 Å². The van der Waals surface area contributed by atoms with Crippen LogP contribution in [0.25, 0.3) is 10.1 Å². The zero-order valence-electron chi connectivity index (χ0n) is 15.6. The van der Waals surface area contributed by atoms with E-state index in [1.807, 2.05) is 25.1 Å². The van der Waals surface area contributed by atoms with Crippen molar-refractivity contribution in [1.29, 1.82) is 0 Å². The van der Waals surface area contributed by atoms with Crippen LogP contribution in [-0.4, -0.2) is 25.7 Å². The molecular weight excluding hydrogens is 397 g/mol. The highest BCUT2D eigenvalue weighted by Gasteiger charge is 2.35. The normalized spacial score (nSPS) is 16.2. The third kappa shape index (κ3) is 3.66. The number of hydrogen-bond acceptors (Lipinski definition) is 3. The van der Waals surface area contributed by atoms with E-state index in [0.29, 0.717) is 29.7 Å². The lowest BCUT2D eigenvalue weighted by Gasteiger charge is -2.38. The van der Waals surface area contributed by atoms with Gasteiger partial charge in [-0.3, -0.25) is 4.79 Å². The van der Waals surface area contributed by atoms with Gasteiger partial charge in [0.1, 0.15) is 5.82 Å². The summed E-state index contributed by atoms with van der Waals surface area (Å²) in [6, 6.07) is 12.5. The molecule has 28 heavy (non-hydrogen) atoms. The highest BCUT2D eigenvalue weighted by atomic mass is 35.5. The molecule has 2 heterocycles. The molecule has 3 aromatic rings. The molecule has 1 aromatic heterocycles. The van der Waals surface area contributed by atoms with E-state index >= 15 is 0 Å². The van der Waals surface area contributed by atoms with E-state index in [9.17, 15) is 9.18 Å². The highest BCUT2D eigenvalue weighted by molar-refractivity contribution is 7.21. The van der Waals surface area contributed by atoms with E-state index in [1.54, 1.807) is 6.07 Å². The van der Waals surface area contributed by atoms with Crippen LogP contribution in [0.15, 0.2) is 42.5 Å². The van der Waals surface area contributed by atoms with Crippen LogP contribution in [0.1, 0.15) is 33.6 Å². The van der Waals surface area contributed by atoms with Crippen molar-refractivity contribution < 1.29 is 13.9 Å². The number of hydrogen-bond donors (Lipinski definition) is 1. The smallest absolute Gasteiger partial charge is 0.261 e. The first-order chi connectivity index (χ1) is 13.5. The minimum atomic E-state index is -0.289. The van der Waals surface area contributed by atoms with Gasteiger partial charge in [0.05, 0.1) is 4.88 Å². The van der Waals surface area contributed by atoms with Crippen molar-refractivity contribution in [1.82, 2.24) is 5.32 Å². The molecule has 1 saturated heterocycles. The van der Waals surface area contributed by atoms with Crippen molar-refractivity contribution in [2.45, 2.75) is 25.2 Å². The number of thiophene rings is 1. The molecule has 4 rings (SSSR count). The van der Waals surface area contributed by atoms with Gasteiger partial charge < -0.3 is 10.1 Å². The molecule has 1 aliphatic heterocycles. The van der Waals surface area contributed by atoms with Gasteiger partial charge in [0, 0.05) is 34.9 Å². The molecular formula is C22H21ClFNO2S. The Balaban J connectivity index is 1.59. The van der Waals surface area contributed by atoms with E-state index in [-0.39, 0.29) is 17.1 Å². The molecule has 1 fully saturated rings. The second kappa shape index (κ2) is 7.82. The Labute approximate surface area is 172 Å². The summed E-state index contributed by atoms with van der Waals surface area (Å²) in [4.78, 5) is 13.6. The summed E-state index contributed by atoms with van der Waals surface area (Å²) in [5.41, 5.74) is 1.75. The lowest BCUT2D eigenvalue weighted by molar-refractivity contribution is 0.0487. The van der Waals surface area contributed by atoms with Crippen molar-refractivity contribution in [2.24, 2.45) is 0 Å². The van der Waals surface area contributed by atoms with Gasteiger partial charge in [-0.1, -0.05) is 23.7 Å². The quantitative estimate of drug-likeness (QED) is 0.610. The first kappa shape index (κ1) is 19.4. The summed E-state index contributed by atoms with van der Waals surface area (Å²) in [5.74, 6) is -0.408. The molecule has 1 amide bonds. The second-order valence-electron chi connectivity index (χ2n) is 7.28. The number of carbonyl (C=O) groups is 1. The van der Waals surface area contributed by atoms with E-state index in [1.165, 1.54) is 23.5 Å². The number of benzene rings is 2. The Kier molecular flexibility index (Phi) is 5.41. The number of rotatable bonds is 4. The Morgan fingerprint density at radius 2 is 2.04 bits per heavy atom. The zero-order valence-corrected chi connectivity index (χ0v) is 17.1. The Morgan fingerprint density at radius 3 is 2.79 bits per heavy atom. The van der Waals surface area contributed by atoms with Crippen LogP contribution >= 0.6 is 22.9 Å². The number of carbonyl (C=O) groups excluding carboxylic acids is 1. The van der Waals surface area contributed by atoms with E-state index < -0.39 is 0 Å². The molecule has 1 N–H and O–H groups in total. The van der Waals surface area contributed by atoms with Gasteiger partial charge in [0.2, 0.25) is 0 Å². The molecule has 0 saturated carbocycles. The molecule has 3 nitrogen and oxygen atoms in total. The summed E-state index contributed by atoms with van der Waals surface area (Å²) < 4.78 is 20.0. The highest BCUT2D eigenvalue weighted by Crippen LogP contribution is 2.36. The fourth-order valence-corrected chi connectivity index (χ4v) is 5.18. The SMILES string of the molecule is Cc1c(C(=O)NCC2(c3cccc(Cl)c3)CCOCC2)sc2ccc(F)cc12. The van der Waals surface area contributed by atoms with Crippen molar-refractivity contribution in [2.75, 3.05) is 19.8 Å². The van der Waals surface area contributed by atoms with Crippen molar-refractivity contribution >= 4 is 38.9 Å². The average Bonchev–Trinajstić information content (AvgIpc) is 3.03. The van der Waals surface area contributed by atoms with E-state index in [0.717, 1.165) is 34.1 Å². The summed E-state index contributed by atoms with van der Waals surface area (Å²) in [7, 11) is 0. The fourth-order valence-electron chi connectivity index (χ4n) is 3.89. The standard InChI is InChI=1S/C22H21ClFNO2S/c1-14-18-12-17(24)5-6-19(18)28-20(14)21(26)25-13-22(7-9-27-10-8-22)15-3-2-4-16(23)11-15/h2-6,11-12H,7-10,13H2,1H3,(H,25,26). The third-order valence-electron chi connectivity index (χ3n) is 5.58. The zero-order chi connectivity index (χ0) is 19.7. The molecule has 146 valence electrons. The van der Waals surface area contributed by atoms with Crippen LogP contribution in [0.5, 0.6) is 0 Å². The van der Waals surface area contributed by atoms with Crippen LogP contribution in [0.3, 0.4) is 0 Å². The lowest BCUT2D eigenvalue weighted by Crippen LogP contribution is -2.44. The van der Waals surface area contributed by atoms with E-state index in [2.05, 4.69) is 11.4 Å². The predicted octanol–water partition coefficient (Wildman–Crippen LogP) is 5.48. The number of nitrogens with one attached hydrogen (secondary N) is 1. The van der Waals surface area contributed by atoms with Crippen LogP contribution in [0.4, 0.5) is 4.39 Å². The monoisotopic (exact) mass is 417 g/mol. The first-order valence-corrected chi connectivity index (χ1v) is 10.5. The molecule has 0 spiro atoms. The molecule has 1 aliphatic rings. The van der Waals surface area contributed by atoms with Crippen molar-refractivity contribution in [3.8, 4) is 0 Å². The number of aryl methyl sites for hydroxylation is 1. The van der Waals surface area contributed by atoms with Gasteiger partial charge in [-0.2, -0.15) is 0 Å². The van der Waals surface area contributed by atoms with Crippen LogP contribution in [-0.2, 0) is 10.2 Å². The van der Waals surface area contributed by atoms with Crippen molar-refractivity contribution in [3.63, 3.8) is 0 Å². The molecule has 0 bridgehead atoms. The maximum Gasteiger partial charge on any atom is 0.261 e. The Morgan fingerprint density at radius 1 is 1.25 bits per heavy atom. The minimum absolute atomic E-state index is 0.119. The number of fused-ring (bicyclic) bond motifs is 1. The number of amides is 1.